The van der Waals surface area contributed by atoms with Crippen molar-refractivity contribution in [2.45, 2.75) is 12.5 Å². The van der Waals surface area contributed by atoms with E-state index >= 15 is 0 Å². The summed E-state index contributed by atoms with van der Waals surface area (Å²) in [5.74, 6) is -0.752. The van der Waals surface area contributed by atoms with Crippen LogP contribution < -0.4 is 15.4 Å². The highest BCUT2D eigenvalue weighted by molar-refractivity contribution is 6.40. The van der Waals surface area contributed by atoms with Gasteiger partial charge in [0, 0.05) is 18.0 Å². The molecule has 0 bridgehead atoms. The molecule has 1 aliphatic rings. The van der Waals surface area contributed by atoms with Crippen molar-refractivity contribution in [2.75, 3.05) is 32.6 Å². The fourth-order valence-corrected chi connectivity index (χ4v) is 3.35. The number of nitriles is 1. The molecule has 0 spiro atoms. The normalized spacial score (nSPS) is 13.2. The van der Waals surface area contributed by atoms with Gasteiger partial charge in [-0.15, -0.1) is 0 Å². The maximum absolute atomic E-state index is 12.3. The van der Waals surface area contributed by atoms with E-state index in [4.69, 9.17) is 21.6 Å². The van der Waals surface area contributed by atoms with E-state index in [1.54, 1.807) is 6.07 Å². The first-order chi connectivity index (χ1) is 13.9. The van der Waals surface area contributed by atoms with E-state index in [1.165, 1.54) is 12.1 Å². The molecule has 150 valence electrons. The standard InChI is InChI=1S/C21H21ClN4O3/c1-26(2)18(13-4-6-19-14(9-13)7-8-29-19)12-24-20(27)21(28)25-17-10-16(22)5-3-15(17)11-23/h3-6,9-10,18H,7-8,12H2,1-2H3,(H,24,27)(H,25,28). The Hall–Kier alpha value is -3.08. The molecule has 0 saturated heterocycles. The van der Waals surface area contributed by atoms with Crippen molar-refractivity contribution in [3.05, 3.63) is 58.1 Å². The topological polar surface area (TPSA) is 94.5 Å². The number of carbonyl (C=O) groups is 2. The van der Waals surface area contributed by atoms with Crippen LogP contribution in [0.5, 0.6) is 5.75 Å². The van der Waals surface area contributed by atoms with Gasteiger partial charge in [0.1, 0.15) is 11.8 Å². The number of nitrogens with zero attached hydrogens (tertiary/aromatic N) is 2. The average Bonchev–Trinajstić information content (AvgIpc) is 3.15. The molecule has 2 aromatic rings. The van der Waals surface area contributed by atoms with Crippen LogP contribution in [0.2, 0.25) is 5.02 Å². The van der Waals surface area contributed by atoms with E-state index in [0.29, 0.717) is 11.6 Å². The van der Waals surface area contributed by atoms with Gasteiger partial charge >= 0.3 is 11.8 Å². The predicted octanol–water partition coefficient (Wildman–Crippen LogP) is 2.50. The Morgan fingerprint density at radius 1 is 1.24 bits per heavy atom. The third-order valence-electron chi connectivity index (χ3n) is 4.73. The van der Waals surface area contributed by atoms with Crippen molar-refractivity contribution in [3.63, 3.8) is 0 Å². The molecule has 0 radical (unpaired) electrons. The Balaban J connectivity index is 1.66. The summed E-state index contributed by atoms with van der Waals surface area (Å²) in [5, 5.41) is 14.6. The Labute approximate surface area is 174 Å². The van der Waals surface area contributed by atoms with Crippen molar-refractivity contribution < 1.29 is 14.3 Å². The van der Waals surface area contributed by atoms with Gasteiger partial charge in [-0.25, -0.2) is 0 Å². The smallest absolute Gasteiger partial charge is 0.313 e. The van der Waals surface area contributed by atoms with Crippen molar-refractivity contribution in [1.29, 1.82) is 5.26 Å². The number of amides is 2. The van der Waals surface area contributed by atoms with Gasteiger partial charge in [0.05, 0.1) is 23.9 Å². The zero-order valence-electron chi connectivity index (χ0n) is 16.2. The van der Waals surface area contributed by atoms with Crippen LogP contribution in [0.4, 0.5) is 5.69 Å². The number of carbonyl (C=O) groups excluding carboxylic acids is 2. The molecule has 0 saturated carbocycles. The first kappa shape index (κ1) is 20.6. The second kappa shape index (κ2) is 8.95. The van der Waals surface area contributed by atoms with E-state index in [-0.39, 0.29) is 23.8 Å². The number of nitrogens with one attached hydrogen (secondary N) is 2. The van der Waals surface area contributed by atoms with E-state index in [9.17, 15) is 9.59 Å². The lowest BCUT2D eigenvalue weighted by molar-refractivity contribution is -0.136. The lowest BCUT2D eigenvalue weighted by Gasteiger charge is -2.25. The third kappa shape index (κ3) is 4.86. The summed E-state index contributed by atoms with van der Waals surface area (Å²) >= 11 is 5.91. The van der Waals surface area contributed by atoms with E-state index in [1.807, 2.05) is 37.2 Å². The monoisotopic (exact) mass is 412 g/mol. The minimum absolute atomic E-state index is 0.113. The molecule has 2 N–H and O–H groups in total. The van der Waals surface area contributed by atoms with Crippen LogP contribution in [-0.4, -0.2) is 44.0 Å². The molecule has 1 atom stereocenters. The Morgan fingerprint density at radius 2 is 2.03 bits per heavy atom. The van der Waals surface area contributed by atoms with Crippen LogP contribution in [0.15, 0.2) is 36.4 Å². The third-order valence-corrected chi connectivity index (χ3v) is 4.97. The summed E-state index contributed by atoms with van der Waals surface area (Å²) < 4.78 is 5.54. The summed E-state index contributed by atoms with van der Waals surface area (Å²) in [7, 11) is 3.82. The van der Waals surface area contributed by atoms with Crippen LogP contribution in [0.3, 0.4) is 0 Å². The highest BCUT2D eigenvalue weighted by Gasteiger charge is 2.21. The molecule has 0 aromatic heterocycles. The highest BCUT2D eigenvalue weighted by atomic mass is 35.5. The molecule has 1 aliphatic heterocycles. The average molecular weight is 413 g/mol. The summed E-state index contributed by atoms with van der Waals surface area (Å²) in [6.07, 6.45) is 0.860. The first-order valence-corrected chi connectivity index (χ1v) is 9.47. The van der Waals surface area contributed by atoms with Gasteiger partial charge in [0.15, 0.2) is 0 Å². The van der Waals surface area contributed by atoms with Crippen LogP contribution in [0.1, 0.15) is 22.7 Å². The second-order valence-electron chi connectivity index (χ2n) is 6.91. The number of anilines is 1. The largest absolute Gasteiger partial charge is 0.493 e. The van der Waals surface area contributed by atoms with Gasteiger partial charge in [-0.2, -0.15) is 5.26 Å². The van der Waals surface area contributed by atoms with Gasteiger partial charge in [-0.3, -0.25) is 9.59 Å². The number of ether oxygens (including phenoxy) is 1. The van der Waals surface area contributed by atoms with Gasteiger partial charge < -0.3 is 20.3 Å². The maximum Gasteiger partial charge on any atom is 0.313 e. The Kier molecular flexibility index (Phi) is 6.37. The maximum atomic E-state index is 12.3. The Morgan fingerprint density at radius 3 is 2.76 bits per heavy atom. The molecule has 0 aliphatic carbocycles. The highest BCUT2D eigenvalue weighted by Crippen LogP contribution is 2.29. The number of likely N-dealkylation sites (N-methyl/N-ethyl adjacent to an activating group) is 1. The molecule has 1 heterocycles. The Bertz CT molecular complexity index is 984. The fourth-order valence-electron chi connectivity index (χ4n) is 3.18. The lowest BCUT2D eigenvalue weighted by Crippen LogP contribution is -2.40. The van der Waals surface area contributed by atoms with E-state index in [0.717, 1.165) is 23.3 Å². The van der Waals surface area contributed by atoms with E-state index < -0.39 is 11.8 Å². The summed E-state index contributed by atoms with van der Waals surface area (Å²) in [6, 6.07) is 12.3. The fraction of sp³-hybridized carbons (Fsp3) is 0.286. The zero-order chi connectivity index (χ0) is 21.0. The van der Waals surface area contributed by atoms with Crippen molar-refractivity contribution in [3.8, 4) is 11.8 Å². The first-order valence-electron chi connectivity index (χ1n) is 9.10. The minimum atomic E-state index is -0.858. The van der Waals surface area contributed by atoms with Gasteiger partial charge in [0.25, 0.3) is 0 Å². The molecule has 2 amide bonds. The summed E-state index contributed by atoms with van der Waals surface area (Å²) in [5.41, 5.74) is 2.59. The molecule has 7 nitrogen and oxygen atoms in total. The number of halogens is 1. The molecule has 29 heavy (non-hydrogen) atoms. The molecule has 0 fully saturated rings. The van der Waals surface area contributed by atoms with Gasteiger partial charge in [-0.1, -0.05) is 23.7 Å². The second-order valence-corrected chi connectivity index (χ2v) is 7.35. The van der Waals surface area contributed by atoms with Crippen LogP contribution in [-0.2, 0) is 16.0 Å². The van der Waals surface area contributed by atoms with Gasteiger partial charge in [-0.05, 0) is 49.5 Å². The minimum Gasteiger partial charge on any atom is -0.493 e. The quantitative estimate of drug-likeness (QED) is 0.736. The number of rotatable bonds is 5. The van der Waals surface area contributed by atoms with Crippen molar-refractivity contribution >= 4 is 29.1 Å². The lowest BCUT2D eigenvalue weighted by atomic mass is 10.0. The molecule has 1 unspecified atom stereocenters. The summed E-state index contributed by atoms with van der Waals surface area (Å²) in [6.45, 7) is 0.927. The van der Waals surface area contributed by atoms with Crippen molar-refractivity contribution in [1.82, 2.24) is 10.2 Å². The molecular weight excluding hydrogens is 392 g/mol. The SMILES string of the molecule is CN(C)C(CNC(=O)C(=O)Nc1cc(Cl)ccc1C#N)c1ccc2c(c1)CCO2. The number of hydrogen-bond acceptors (Lipinski definition) is 5. The molecule has 3 rings (SSSR count). The number of benzene rings is 2. The van der Waals surface area contributed by atoms with Crippen LogP contribution in [0, 0.1) is 11.3 Å². The van der Waals surface area contributed by atoms with Crippen molar-refractivity contribution in [2.24, 2.45) is 0 Å². The number of hydrogen-bond donors (Lipinski definition) is 2. The number of fused-ring (bicyclic) bond motifs is 1. The summed E-state index contributed by atoms with van der Waals surface area (Å²) in [4.78, 5) is 26.5. The molecule has 2 aromatic carbocycles. The van der Waals surface area contributed by atoms with Crippen LogP contribution >= 0.6 is 11.6 Å². The molecular formula is C21H21ClN4O3. The van der Waals surface area contributed by atoms with Crippen LogP contribution in [0.25, 0.3) is 0 Å². The zero-order valence-corrected chi connectivity index (χ0v) is 16.9. The van der Waals surface area contributed by atoms with Gasteiger partial charge in [0.2, 0.25) is 0 Å². The van der Waals surface area contributed by atoms with E-state index in [2.05, 4.69) is 16.7 Å². The predicted molar refractivity (Wildman–Crippen MR) is 110 cm³/mol. The molecule has 8 heteroatoms.